The predicted molar refractivity (Wildman–Crippen MR) is 63.1 cm³/mol. The molecule has 2 rings (SSSR count). The van der Waals surface area contributed by atoms with Gasteiger partial charge < -0.3 is 14.9 Å². The summed E-state index contributed by atoms with van der Waals surface area (Å²) in [4.78, 5) is 15.6. The number of hydrogen-bond donors (Lipinski definition) is 2. The SMILES string of the molecule is Cc1nc(CCNC(=O)c2ccc(O)cc2F)no1. The molecule has 1 amide bonds. The summed E-state index contributed by atoms with van der Waals surface area (Å²) >= 11 is 0. The summed E-state index contributed by atoms with van der Waals surface area (Å²) < 4.78 is 18.2. The fourth-order valence-corrected chi connectivity index (χ4v) is 1.51. The molecule has 2 N–H and O–H groups in total. The molecule has 0 spiro atoms. The molecule has 1 aromatic heterocycles. The monoisotopic (exact) mass is 265 g/mol. The van der Waals surface area contributed by atoms with E-state index in [2.05, 4.69) is 15.5 Å². The third-order valence-corrected chi connectivity index (χ3v) is 2.40. The first-order chi connectivity index (χ1) is 9.06. The Balaban J connectivity index is 1.90. The molecule has 19 heavy (non-hydrogen) atoms. The van der Waals surface area contributed by atoms with Gasteiger partial charge in [-0.2, -0.15) is 4.98 Å². The molecule has 1 aromatic carbocycles. The fraction of sp³-hybridized carbons (Fsp3) is 0.250. The zero-order valence-corrected chi connectivity index (χ0v) is 10.2. The van der Waals surface area contributed by atoms with Gasteiger partial charge in [0.05, 0.1) is 5.56 Å². The molecule has 0 radical (unpaired) electrons. The van der Waals surface area contributed by atoms with Crippen molar-refractivity contribution in [2.45, 2.75) is 13.3 Å². The van der Waals surface area contributed by atoms with Gasteiger partial charge in [-0.1, -0.05) is 5.16 Å². The van der Waals surface area contributed by atoms with Crippen LogP contribution >= 0.6 is 0 Å². The van der Waals surface area contributed by atoms with Gasteiger partial charge in [0.1, 0.15) is 11.6 Å². The number of amides is 1. The fourth-order valence-electron chi connectivity index (χ4n) is 1.51. The van der Waals surface area contributed by atoms with E-state index in [1.54, 1.807) is 6.92 Å². The summed E-state index contributed by atoms with van der Waals surface area (Å²) in [7, 11) is 0. The topological polar surface area (TPSA) is 88.2 Å². The first-order valence-corrected chi connectivity index (χ1v) is 5.62. The predicted octanol–water partition coefficient (Wildman–Crippen LogP) is 1.20. The molecule has 2 aromatic rings. The minimum absolute atomic E-state index is 0.123. The van der Waals surface area contributed by atoms with Crippen molar-refractivity contribution in [1.82, 2.24) is 15.5 Å². The summed E-state index contributed by atoms with van der Waals surface area (Å²) in [5.74, 6) is -0.628. The number of carbonyl (C=O) groups excluding carboxylic acids is 1. The normalized spacial score (nSPS) is 10.4. The van der Waals surface area contributed by atoms with Crippen LogP contribution in [0.25, 0.3) is 0 Å². The minimum atomic E-state index is -0.770. The van der Waals surface area contributed by atoms with Crippen LogP contribution < -0.4 is 5.32 Å². The number of aromatic nitrogens is 2. The molecule has 0 fully saturated rings. The Hall–Kier alpha value is -2.44. The summed E-state index contributed by atoms with van der Waals surface area (Å²) in [6, 6.07) is 3.36. The maximum absolute atomic E-state index is 13.4. The molecule has 0 aliphatic heterocycles. The second-order valence-electron chi connectivity index (χ2n) is 3.90. The van der Waals surface area contributed by atoms with E-state index in [0.717, 1.165) is 6.07 Å². The zero-order valence-electron chi connectivity index (χ0n) is 10.2. The standard InChI is InChI=1S/C12H12FN3O3/c1-7-15-11(16-19-7)4-5-14-12(18)9-3-2-8(17)6-10(9)13/h2-3,6,17H,4-5H2,1H3,(H,14,18). The Labute approximate surface area is 108 Å². The van der Waals surface area contributed by atoms with Crippen LogP contribution in [0, 0.1) is 12.7 Å². The molecule has 1 heterocycles. The molecule has 6 nitrogen and oxygen atoms in total. The highest BCUT2D eigenvalue weighted by atomic mass is 19.1. The van der Waals surface area contributed by atoms with Crippen LogP contribution in [-0.2, 0) is 6.42 Å². The molecule has 0 saturated carbocycles. The van der Waals surface area contributed by atoms with E-state index in [0.29, 0.717) is 18.1 Å². The summed E-state index contributed by atoms with van der Waals surface area (Å²) in [5, 5.41) is 15.3. The number of benzene rings is 1. The highest BCUT2D eigenvalue weighted by Crippen LogP contribution is 2.14. The molecular weight excluding hydrogens is 253 g/mol. The Morgan fingerprint density at radius 1 is 1.53 bits per heavy atom. The van der Waals surface area contributed by atoms with E-state index in [9.17, 15) is 9.18 Å². The van der Waals surface area contributed by atoms with Crippen molar-refractivity contribution in [1.29, 1.82) is 0 Å². The lowest BCUT2D eigenvalue weighted by Crippen LogP contribution is -2.26. The van der Waals surface area contributed by atoms with Gasteiger partial charge in [0.2, 0.25) is 5.89 Å². The molecule has 100 valence electrons. The lowest BCUT2D eigenvalue weighted by atomic mass is 10.2. The van der Waals surface area contributed by atoms with Crippen molar-refractivity contribution in [2.24, 2.45) is 0 Å². The summed E-state index contributed by atoms with van der Waals surface area (Å²) in [5.41, 5.74) is -0.123. The number of nitrogens with zero attached hydrogens (tertiary/aromatic N) is 2. The number of rotatable bonds is 4. The van der Waals surface area contributed by atoms with Crippen LogP contribution in [0.3, 0.4) is 0 Å². The Bertz CT molecular complexity index is 598. The third kappa shape index (κ3) is 3.27. The third-order valence-electron chi connectivity index (χ3n) is 2.40. The Morgan fingerprint density at radius 3 is 2.95 bits per heavy atom. The average Bonchev–Trinajstić information content (AvgIpc) is 2.75. The van der Waals surface area contributed by atoms with Crippen molar-refractivity contribution >= 4 is 5.91 Å². The van der Waals surface area contributed by atoms with Crippen molar-refractivity contribution in [3.8, 4) is 5.75 Å². The molecule has 7 heteroatoms. The number of halogens is 1. The van der Waals surface area contributed by atoms with Gasteiger partial charge in [0.25, 0.3) is 5.91 Å². The van der Waals surface area contributed by atoms with Gasteiger partial charge >= 0.3 is 0 Å². The van der Waals surface area contributed by atoms with Gasteiger partial charge in [-0.05, 0) is 12.1 Å². The summed E-state index contributed by atoms with van der Waals surface area (Å²) in [6.45, 7) is 1.93. The van der Waals surface area contributed by atoms with Crippen molar-refractivity contribution in [2.75, 3.05) is 6.54 Å². The molecule has 0 aliphatic carbocycles. The average molecular weight is 265 g/mol. The minimum Gasteiger partial charge on any atom is -0.508 e. The zero-order chi connectivity index (χ0) is 13.8. The number of phenolic OH excluding ortho intramolecular Hbond substituents is 1. The lowest BCUT2D eigenvalue weighted by molar-refractivity contribution is 0.0950. The highest BCUT2D eigenvalue weighted by molar-refractivity contribution is 5.94. The quantitative estimate of drug-likeness (QED) is 0.867. The van der Waals surface area contributed by atoms with E-state index in [-0.39, 0.29) is 17.9 Å². The van der Waals surface area contributed by atoms with Crippen molar-refractivity contribution in [3.05, 3.63) is 41.3 Å². The van der Waals surface area contributed by atoms with Crippen molar-refractivity contribution in [3.63, 3.8) is 0 Å². The largest absolute Gasteiger partial charge is 0.508 e. The Kier molecular flexibility index (Phi) is 3.74. The van der Waals surface area contributed by atoms with Crippen LogP contribution in [0.4, 0.5) is 4.39 Å². The maximum atomic E-state index is 13.4. The number of phenols is 1. The van der Waals surface area contributed by atoms with Gasteiger partial charge in [-0.25, -0.2) is 4.39 Å². The van der Waals surface area contributed by atoms with Gasteiger partial charge in [-0.15, -0.1) is 0 Å². The second kappa shape index (κ2) is 5.47. The van der Waals surface area contributed by atoms with Crippen LogP contribution in [-0.4, -0.2) is 27.7 Å². The number of aryl methyl sites for hydroxylation is 1. The molecule has 0 atom stereocenters. The molecular formula is C12H12FN3O3. The Morgan fingerprint density at radius 2 is 2.32 bits per heavy atom. The van der Waals surface area contributed by atoms with Crippen LogP contribution in [0.2, 0.25) is 0 Å². The number of carbonyl (C=O) groups is 1. The highest BCUT2D eigenvalue weighted by Gasteiger charge is 2.12. The maximum Gasteiger partial charge on any atom is 0.254 e. The van der Waals surface area contributed by atoms with E-state index in [1.165, 1.54) is 12.1 Å². The van der Waals surface area contributed by atoms with Crippen molar-refractivity contribution < 1.29 is 18.8 Å². The first kappa shape index (κ1) is 13.0. The molecule has 0 unspecified atom stereocenters. The van der Waals surface area contributed by atoms with Crippen LogP contribution in [0.5, 0.6) is 5.75 Å². The lowest BCUT2D eigenvalue weighted by Gasteiger charge is -2.04. The van der Waals surface area contributed by atoms with E-state index >= 15 is 0 Å². The first-order valence-electron chi connectivity index (χ1n) is 5.62. The molecule has 0 aliphatic rings. The van der Waals surface area contributed by atoms with Crippen LogP contribution in [0.1, 0.15) is 22.1 Å². The van der Waals surface area contributed by atoms with E-state index < -0.39 is 11.7 Å². The molecule has 0 bridgehead atoms. The molecule has 0 saturated heterocycles. The summed E-state index contributed by atoms with van der Waals surface area (Å²) in [6.07, 6.45) is 0.392. The van der Waals surface area contributed by atoms with Gasteiger partial charge in [-0.3, -0.25) is 4.79 Å². The van der Waals surface area contributed by atoms with Gasteiger partial charge in [0, 0.05) is 26.0 Å². The number of nitrogens with one attached hydrogen (secondary N) is 1. The number of aromatic hydroxyl groups is 1. The van der Waals surface area contributed by atoms with Gasteiger partial charge in [0.15, 0.2) is 5.82 Å². The number of hydrogen-bond acceptors (Lipinski definition) is 5. The second-order valence-corrected chi connectivity index (χ2v) is 3.90. The van der Waals surface area contributed by atoms with E-state index in [1.807, 2.05) is 0 Å². The van der Waals surface area contributed by atoms with E-state index in [4.69, 9.17) is 9.63 Å². The van der Waals surface area contributed by atoms with Crippen LogP contribution in [0.15, 0.2) is 22.7 Å². The smallest absolute Gasteiger partial charge is 0.254 e.